The highest BCUT2D eigenvalue weighted by Crippen LogP contribution is 2.28. The predicted molar refractivity (Wildman–Crippen MR) is 111 cm³/mol. The van der Waals surface area contributed by atoms with E-state index in [2.05, 4.69) is 95.6 Å². The van der Waals surface area contributed by atoms with E-state index in [1.807, 2.05) is 0 Å². The normalized spacial score (nSPS) is 15.2. The minimum absolute atomic E-state index is 1.02. The van der Waals surface area contributed by atoms with Gasteiger partial charge < -0.3 is 4.90 Å². The molecule has 26 heavy (non-hydrogen) atoms. The fourth-order valence-electron chi connectivity index (χ4n) is 3.84. The number of benzene rings is 3. The molecule has 1 aliphatic heterocycles. The second-order valence-corrected chi connectivity index (χ2v) is 7.07. The van der Waals surface area contributed by atoms with Crippen molar-refractivity contribution in [3.63, 3.8) is 0 Å². The number of rotatable bonds is 4. The van der Waals surface area contributed by atoms with E-state index in [0.717, 1.165) is 32.7 Å². The molecular formula is C24H26N2. The molecule has 2 nitrogen and oxygen atoms in total. The summed E-state index contributed by atoms with van der Waals surface area (Å²) in [4.78, 5) is 5.07. The van der Waals surface area contributed by atoms with Gasteiger partial charge in [0.2, 0.25) is 0 Å². The Bertz CT molecular complexity index is 849. The fraction of sp³-hybridized carbons (Fsp3) is 0.250. The average molecular weight is 342 g/mol. The molecule has 0 saturated carbocycles. The SMILES string of the molecule is Cc1ccccc1-c1ccccc1CN1CCN(c2ccccc2)CC1. The van der Waals surface area contributed by atoms with Gasteiger partial charge in [-0.3, -0.25) is 4.90 Å². The Morgan fingerprint density at radius 2 is 1.27 bits per heavy atom. The van der Waals surface area contributed by atoms with Crippen molar-refractivity contribution in [1.82, 2.24) is 4.90 Å². The number of piperazine rings is 1. The highest BCUT2D eigenvalue weighted by molar-refractivity contribution is 5.70. The molecule has 3 aromatic rings. The summed E-state index contributed by atoms with van der Waals surface area (Å²) in [7, 11) is 0. The van der Waals surface area contributed by atoms with E-state index in [1.54, 1.807) is 0 Å². The summed E-state index contributed by atoms with van der Waals surface area (Å²) in [5, 5.41) is 0. The average Bonchev–Trinajstić information content (AvgIpc) is 2.70. The number of hydrogen-bond donors (Lipinski definition) is 0. The topological polar surface area (TPSA) is 6.48 Å². The minimum Gasteiger partial charge on any atom is -0.369 e. The van der Waals surface area contributed by atoms with Crippen molar-refractivity contribution in [3.8, 4) is 11.1 Å². The molecule has 1 fully saturated rings. The molecule has 2 heteroatoms. The number of hydrogen-bond acceptors (Lipinski definition) is 2. The standard InChI is InChI=1S/C24H26N2/c1-20-9-5-7-13-23(20)24-14-8-6-10-21(24)19-25-15-17-26(18-16-25)22-11-3-2-4-12-22/h2-14H,15-19H2,1H3. The maximum Gasteiger partial charge on any atom is 0.0367 e. The maximum absolute atomic E-state index is 2.58. The van der Waals surface area contributed by atoms with Gasteiger partial charge >= 0.3 is 0 Å². The number of anilines is 1. The monoisotopic (exact) mass is 342 g/mol. The van der Waals surface area contributed by atoms with Crippen LogP contribution in [-0.4, -0.2) is 31.1 Å². The van der Waals surface area contributed by atoms with Gasteiger partial charge in [-0.25, -0.2) is 0 Å². The summed E-state index contributed by atoms with van der Waals surface area (Å²) < 4.78 is 0. The van der Waals surface area contributed by atoms with Crippen LogP contribution in [0, 0.1) is 6.92 Å². The highest BCUT2D eigenvalue weighted by atomic mass is 15.3. The van der Waals surface area contributed by atoms with Gasteiger partial charge in [-0.15, -0.1) is 0 Å². The van der Waals surface area contributed by atoms with Crippen LogP contribution in [0.25, 0.3) is 11.1 Å². The summed E-state index contributed by atoms with van der Waals surface area (Å²) in [6.07, 6.45) is 0. The first-order valence-corrected chi connectivity index (χ1v) is 9.47. The van der Waals surface area contributed by atoms with Gasteiger partial charge in [0.05, 0.1) is 0 Å². The second kappa shape index (κ2) is 7.76. The second-order valence-electron chi connectivity index (χ2n) is 7.07. The molecule has 1 heterocycles. The molecule has 0 spiro atoms. The van der Waals surface area contributed by atoms with Crippen LogP contribution in [0.4, 0.5) is 5.69 Å². The van der Waals surface area contributed by atoms with Crippen molar-refractivity contribution in [1.29, 1.82) is 0 Å². The van der Waals surface area contributed by atoms with E-state index >= 15 is 0 Å². The lowest BCUT2D eigenvalue weighted by atomic mass is 9.95. The zero-order valence-electron chi connectivity index (χ0n) is 15.4. The van der Waals surface area contributed by atoms with Crippen LogP contribution in [0.15, 0.2) is 78.9 Å². The lowest BCUT2D eigenvalue weighted by molar-refractivity contribution is 0.250. The van der Waals surface area contributed by atoms with E-state index in [4.69, 9.17) is 0 Å². The van der Waals surface area contributed by atoms with Crippen molar-refractivity contribution < 1.29 is 0 Å². The first kappa shape index (κ1) is 16.9. The van der Waals surface area contributed by atoms with Gasteiger partial charge in [-0.2, -0.15) is 0 Å². The molecule has 4 rings (SSSR count). The molecule has 0 aliphatic carbocycles. The predicted octanol–water partition coefficient (Wildman–Crippen LogP) is 4.98. The molecule has 1 saturated heterocycles. The number of nitrogens with zero attached hydrogens (tertiary/aromatic N) is 2. The molecule has 0 atom stereocenters. The van der Waals surface area contributed by atoms with Crippen molar-refractivity contribution in [2.24, 2.45) is 0 Å². The van der Waals surface area contributed by atoms with E-state index < -0.39 is 0 Å². The van der Waals surface area contributed by atoms with E-state index in [0.29, 0.717) is 0 Å². The van der Waals surface area contributed by atoms with Crippen LogP contribution < -0.4 is 4.90 Å². The molecule has 0 unspecified atom stereocenters. The zero-order chi connectivity index (χ0) is 17.8. The summed E-state index contributed by atoms with van der Waals surface area (Å²) in [6, 6.07) is 28.3. The van der Waals surface area contributed by atoms with Gasteiger partial charge in [0, 0.05) is 38.4 Å². The third-order valence-corrected chi connectivity index (χ3v) is 5.34. The lowest BCUT2D eigenvalue weighted by Gasteiger charge is -2.36. The van der Waals surface area contributed by atoms with Crippen molar-refractivity contribution in [2.45, 2.75) is 13.5 Å². The van der Waals surface area contributed by atoms with Gasteiger partial charge in [-0.1, -0.05) is 66.7 Å². The Labute approximate surface area is 156 Å². The summed E-state index contributed by atoms with van der Waals surface area (Å²) in [6.45, 7) is 7.62. The smallest absolute Gasteiger partial charge is 0.0367 e. The summed E-state index contributed by atoms with van der Waals surface area (Å²) in [5.41, 5.74) is 6.83. The minimum atomic E-state index is 1.02. The molecule has 0 bridgehead atoms. The fourth-order valence-corrected chi connectivity index (χ4v) is 3.84. The van der Waals surface area contributed by atoms with Gasteiger partial charge in [-0.05, 0) is 41.3 Å². The molecule has 0 amide bonds. The van der Waals surface area contributed by atoms with Crippen LogP contribution in [0.2, 0.25) is 0 Å². The Hall–Kier alpha value is -2.58. The largest absolute Gasteiger partial charge is 0.369 e. The third-order valence-electron chi connectivity index (χ3n) is 5.34. The zero-order valence-corrected chi connectivity index (χ0v) is 15.4. The van der Waals surface area contributed by atoms with Gasteiger partial charge in [0.15, 0.2) is 0 Å². The van der Waals surface area contributed by atoms with E-state index in [-0.39, 0.29) is 0 Å². The Morgan fingerprint density at radius 1 is 0.654 bits per heavy atom. The number of para-hydroxylation sites is 1. The van der Waals surface area contributed by atoms with Crippen LogP contribution in [0.5, 0.6) is 0 Å². The van der Waals surface area contributed by atoms with E-state index in [9.17, 15) is 0 Å². The quantitative estimate of drug-likeness (QED) is 0.659. The van der Waals surface area contributed by atoms with Crippen LogP contribution in [0.3, 0.4) is 0 Å². The summed E-state index contributed by atoms with van der Waals surface area (Å²) in [5.74, 6) is 0. The maximum atomic E-state index is 2.58. The van der Waals surface area contributed by atoms with Gasteiger partial charge in [0.1, 0.15) is 0 Å². The highest BCUT2D eigenvalue weighted by Gasteiger charge is 2.18. The van der Waals surface area contributed by atoms with Crippen molar-refractivity contribution in [2.75, 3.05) is 31.1 Å². The Balaban J connectivity index is 1.47. The van der Waals surface area contributed by atoms with Crippen molar-refractivity contribution >= 4 is 5.69 Å². The third kappa shape index (κ3) is 3.66. The molecule has 1 aliphatic rings. The Morgan fingerprint density at radius 3 is 2.00 bits per heavy atom. The molecule has 0 aromatic heterocycles. The molecule has 0 N–H and O–H groups in total. The van der Waals surface area contributed by atoms with Gasteiger partial charge in [0.25, 0.3) is 0 Å². The molecular weight excluding hydrogens is 316 g/mol. The Kier molecular flexibility index (Phi) is 5.03. The van der Waals surface area contributed by atoms with Crippen LogP contribution in [-0.2, 0) is 6.54 Å². The first-order valence-electron chi connectivity index (χ1n) is 9.47. The molecule has 3 aromatic carbocycles. The number of aryl methyl sites for hydroxylation is 1. The van der Waals surface area contributed by atoms with Crippen molar-refractivity contribution in [3.05, 3.63) is 90.0 Å². The lowest BCUT2D eigenvalue weighted by Crippen LogP contribution is -2.46. The van der Waals surface area contributed by atoms with E-state index in [1.165, 1.54) is 27.9 Å². The summed E-state index contributed by atoms with van der Waals surface area (Å²) >= 11 is 0. The molecule has 132 valence electrons. The molecule has 0 radical (unpaired) electrons. The first-order chi connectivity index (χ1) is 12.8. The van der Waals surface area contributed by atoms with Crippen LogP contribution >= 0.6 is 0 Å². The van der Waals surface area contributed by atoms with Crippen LogP contribution in [0.1, 0.15) is 11.1 Å².